The van der Waals surface area contributed by atoms with E-state index in [1.54, 1.807) is 15.6 Å². The highest BCUT2D eigenvalue weighted by molar-refractivity contribution is 6.06. The first-order chi connectivity index (χ1) is 13.0. The van der Waals surface area contributed by atoms with Gasteiger partial charge in [-0.25, -0.2) is 9.67 Å². The molecule has 0 radical (unpaired) electrons. The van der Waals surface area contributed by atoms with Gasteiger partial charge in [0.05, 0.1) is 28.5 Å². The molecule has 27 heavy (non-hydrogen) atoms. The van der Waals surface area contributed by atoms with Crippen molar-refractivity contribution in [3.8, 4) is 5.69 Å². The second kappa shape index (κ2) is 6.68. The van der Waals surface area contributed by atoms with Gasteiger partial charge in [-0.3, -0.25) is 9.48 Å². The van der Waals surface area contributed by atoms with E-state index in [9.17, 15) is 4.79 Å². The zero-order valence-corrected chi connectivity index (χ0v) is 15.5. The minimum Gasteiger partial charge on any atom is -0.348 e. The summed E-state index contributed by atoms with van der Waals surface area (Å²) < 4.78 is 3.50. The molecule has 0 unspecified atom stereocenters. The highest BCUT2D eigenvalue weighted by Gasteiger charge is 2.19. The summed E-state index contributed by atoms with van der Waals surface area (Å²) in [5, 5.41) is 12.5. The third-order valence-electron chi connectivity index (χ3n) is 4.40. The molecule has 7 heteroatoms. The van der Waals surface area contributed by atoms with Crippen molar-refractivity contribution in [2.45, 2.75) is 20.4 Å². The number of pyridine rings is 1. The Balaban J connectivity index is 1.74. The number of fused-ring (bicyclic) bond motifs is 1. The number of aryl methyl sites for hydroxylation is 3. The molecule has 0 bridgehead atoms. The Labute approximate surface area is 156 Å². The van der Waals surface area contributed by atoms with E-state index in [1.807, 2.05) is 63.5 Å². The lowest BCUT2D eigenvalue weighted by Crippen LogP contribution is -2.23. The highest BCUT2D eigenvalue weighted by atomic mass is 16.1. The number of rotatable bonds is 4. The van der Waals surface area contributed by atoms with Gasteiger partial charge in [0.15, 0.2) is 5.65 Å². The molecular weight excluding hydrogens is 340 g/mol. The number of para-hydroxylation sites is 1. The van der Waals surface area contributed by atoms with Gasteiger partial charge in [-0.15, -0.1) is 0 Å². The molecule has 0 aliphatic carbocycles. The van der Waals surface area contributed by atoms with Crippen LogP contribution < -0.4 is 5.32 Å². The fraction of sp³-hybridized carbons (Fsp3) is 0.200. The van der Waals surface area contributed by atoms with Crippen LogP contribution in [0.25, 0.3) is 16.7 Å². The summed E-state index contributed by atoms with van der Waals surface area (Å²) in [6.45, 7) is 4.20. The average Bonchev–Trinajstić information content (AvgIpc) is 3.23. The summed E-state index contributed by atoms with van der Waals surface area (Å²) in [5.74, 6) is -0.148. The molecule has 0 aliphatic heterocycles. The third kappa shape index (κ3) is 3.19. The van der Waals surface area contributed by atoms with Crippen LogP contribution in [0, 0.1) is 13.8 Å². The molecule has 0 atom stereocenters. The maximum Gasteiger partial charge on any atom is 0.252 e. The van der Waals surface area contributed by atoms with Gasteiger partial charge in [-0.05, 0) is 32.0 Å². The van der Waals surface area contributed by atoms with Gasteiger partial charge in [0.1, 0.15) is 0 Å². The lowest BCUT2D eigenvalue weighted by atomic mass is 10.1. The minimum absolute atomic E-state index is 0.148. The van der Waals surface area contributed by atoms with Crippen molar-refractivity contribution in [2.24, 2.45) is 7.05 Å². The standard InChI is InChI=1S/C20H20N6O/c1-13-9-17(20(27)21-10-15-11-22-25(3)12-15)18-14(2)24-26(19(18)23-13)16-7-5-4-6-8-16/h4-9,11-12H,10H2,1-3H3,(H,21,27). The Morgan fingerprint density at radius 3 is 2.67 bits per heavy atom. The van der Waals surface area contributed by atoms with Crippen molar-refractivity contribution in [1.82, 2.24) is 29.9 Å². The quantitative estimate of drug-likeness (QED) is 0.607. The topological polar surface area (TPSA) is 77.6 Å². The lowest BCUT2D eigenvalue weighted by molar-refractivity contribution is 0.0952. The first kappa shape index (κ1) is 17.0. The predicted octanol–water partition coefficient (Wildman–Crippen LogP) is 2.70. The van der Waals surface area contributed by atoms with Crippen LogP contribution in [0.15, 0.2) is 48.8 Å². The van der Waals surface area contributed by atoms with Gasteiger partial charge in [-0.1, -0.05) is 18.2 Å². The number of carbonyl (C=O) groups excluding carboxylic acids is 1. The second-order valence-corrected chi connectivity index (χ2v) is 6.55. The first-order valence-corrected chi connectivity index (χ1v) is 8.71. The maximum atomic E-state index is 12.9. The lowest BCUT2D eigenvalue weighted by Gasteiger charge is -2.08. The van der Waals surface area contributed by atoms with Crippen LogP contribution in [0.2, 0.25) is 0 Å². The van der Waals surface area contributed by atoms with E-state index in [4.69, 9.17) is 0 Å². The number of nitrogens with zero attached hydrogens (tertiary/aromatic N) is 5. The van der Waals surface area contributed by atoms with Crippen molar-refractivity contribution in [1.29, 1.82) is 0 Å². The van der Waals surface area contributed by atoms with E-state index >= 15 is 0 Å². The summed E-state index contributed by atoms with van der Waals surface area (Å²) in [4.78, 5) is 17.5. The molecule has 4 aromatic rings. The van der Waals surface area contributed by atoms with Gasteiger partial charge in [-0.2, -0.15) is 10.2 Å². The zero-order valence-electron chi connectivity index (χ0n) is 15.5. The summed E-state index contributed by atoms with van der Waals surface area (Å²) >= 11 is 0. The van der Waals surface area contributed by atoms with Gasteiger partial charge < -0.3 is 5.32 Å². The maximum absolute atomic E-state index is 12.9. The molecule has 136 valence electrons. The SMILES string of the molecule is Cc1cc(C(=O)NCc2cnn(C)c2)c2c(C)nn(-c3ccccc3)c2n1. The molecular formula is C20H20N6O. The normalized spacial score (nSPS) is 11.1. The van der Waals surface area contributed by atoms with E-state index < -0.39 is 0 Å². The Bertz CT molecular complexity index is 1130. The number of amides is 1. The van der Waals surface area contributed by atoms with Crippen molar-refractivity contribution >= 4 is 16.9 Å². The van der Waals surface area contributed by atoms with Crippen molar-refractivity contribution < 1.29 is 4.79 Å². The Morgan fingerprint density at radius 1 is 1.19 bits per heavy atom. The predicted molar refractivity (Wildman–Crippen MR) is 103 cm³/mol. The van der Waals surface area contributed by atoms with E-state index in [1.165, 1.54) is 0 Å². The molecule has 0 fully saturated rings. The molecule has 0 saturated heterocycles. The average molecular weight is 360 g/mol. The smallest absolute Gasteiger partial charge is 0.252 e. The number of hydrogen-bond acceptors (Lipinski definition) is 4. The van der Waals surface area contributed by atoms with Crippen LogP contribution in [0.3, 0.4) is 0 Å². The third-order valence-corrected chi connectivity index (χ3v) is 4.40. The summed E-state index contributed by atoms with van der Waals surface area (Å²) in [6.07, 6.45) is 3.62. The van der Waals surface area contributed by atoms with Gasteiger partial charge in [0, 0.05) is 31.0 Å². The Hall–Kier alpha value is -3.48. The van der Waals surface area contributed by atoms with Gasteiger partial charge in [0.25, 0.3) is 5.91 Å². The molecule has 0 aliphatic rings. The van der Waals surface area contributed by atoms with Crippen molar-refractivity contribution in [3.63, 3.8) is 0 Å². The van der Waals surface area contributed by atoms with Crippen LogP contribution in [0.4, 0.5) is 0 Å². The van der Waals surface area contributed by atoms with Crippen molar-refractivity contribution in [3.05, 3.63) is 71.3 Å². The van der Waals surface area contributed by atoms with Gasteiger partial charge >= 0.3 is 0 Å². The van der Waals surface area contributed by atoms with Crippen LogP contribution in [-0.4, -0.2) is 30.5 Å². The highest BCUT2D eigenvalue weighted by Crippen LogP contribution is 2.24. The van der Waals surface area contributed by atoms with E-state index in [0.717, 1.165) is 28.0 Å². The number of benzene rings is 1. The fourth-order valence-corrected chi connectivity index (χ4v) is 3.18. The number of nitrogens with one attached hydrogen (secondary N) is 1. The van der Waals surface area contributed by atoms with Crippen LogP contribution in [-0.2, 0) is 13.6 Å². The molecule has 7 nitrogen and oxygen atoms in total. The second-order valence-electron chi connectivity index (χ2n) is 6.55. The van der Waals surface area contributed by atoms with Crippen LogP contribution >= 0.6 is 0 Å². The number of aromatic nitrogens is 5. The van der Waals surface area contributed by atoms with Crippen molar-refractivity contribution in [2.75, 3.05) is 0 Å². The molecule has 0 saturated carbocycles. The van der Waals surface area contributed by atoms with Crippen LogP contribution in [0.5, 0.6) is 0 Å². The van der Waals surface area contributed by atoms with Crippen LogP contribution in [0.1, 0.15) is 27.3 Å². The molecule has 1 amide bonds. The molecule has 3 heterocycles. The van der Waals surface area contributed by atoms with E-state index in [0.29, 0.717) is 17.8 Å². The monoisotopic (exact) mass is 360 g/mol. The van der Waals surface area contributed by atoms with Gasteiger partial charge in [0.2, 0.25) is 0 Å². The summed E-state index contributed by atoms with van der Waals surface area (Å²) in [5.41, 5.74) is 4.67. The molecule has 1 aromatic carbocycles. The largest absolute Gasteiger partial charge is 0.348 e. The first-order valence-electron chi connectivity index (χ1n) is 8.71. The Kier molecular flexibility index (Phi) is 4.19. The zero-order chi connectivity index (χ0) is 19.0. The number of carbonyl (C=O) groups is 1. The number of hydrogen-bond donors (Lipinski definition) is 1. The summed E-state index contributed by atoms with van der Waals surface area (Å²) in [6, 6.07) is 11.6. The molecule has 3 aromatic heterocycles. The molecule has 1 N–H and O–H groups in total. The minimum atomic E-state index is -0.148. The Morgan fingerprint density at radius 2 is 1.96 bits per heavy atom. The van der Waals surface area contributed by atoms with E-state index in [2.05, 4.69) is 20.5 Å². The van der Waals surface area contributed by atoms with E-state index in [-0.39, 0.29) is 5.91 Å². The summed E-state index contributed by atoms with van der Waals surface area (Å²) in [7, 11) is 1.85. The molecule has 0 spiro atoms. The molecule has 4 rings (SSSR count). The fourth-order valence-electron chi connectivity index (χ4n) is 3.18.